The van der Waals surface area contributed by atoms with Crippen LogP contribution in [0, 0.1) is 5.21 Å². The van der Waals surface area contributed by atoms with Crippen molar-refractivity contribution in [3.8, 4) is 0 Å². The van der Waals surface area contributed by atoms with Gasteiger partial charge in [-0.15, -0.1) is 0 Å². The summed E-state index contributed by atoms with van der Waals surface area (Å²) in [7, 11) is 0. The van der Waals surface area contributed by atoms with Crippen molar-refractivity contribution >= 4 is 35.6 Å². The fourth-order valence-electron chi connectivity index (χ4n) is 3.20. The first-order chi connectivity index (χ1) is 11.4. The van der Waals surface area contributed by atoms with Crippen LogP contribution in [0.25, 0.3) is 0 Å². The van der Waals surface area contributed by atoms with Gasteiger partial charge in [-0.3, -0.25) is 4.84 Å². The van der Waals surface area contributed by atoms with E-state index in [1.54, 1.807) is 11.8 Å². The van der Waals surface area contributed by atoms with Crippen LogP contribution in [0.2, 0.25) is 0 Å². The first-order valence-corrected chi connectivity index (χ1v) is 9.03. The third-order valence-corrected chi connectivity index (χ3v) is 6.01. The molecule has 3 heterocycles. The number of nitrogens with one attached hydrogen (secondary N) is 2. The molecule has 24 heavy (non-hydrogen) atoms. The Morgan fingerprint density at radius 1 is 1.21 bits per heavy atom. The number of nitrogens with zero attached hydrogens (tertiary/aromatic N) is 1. The van der Waals surface area contributed by atoms with E-state index in [0.717, 1.165) is 18.6 Å². The van der Waals surface area contributed by atoms with Gasteiger partial charge in [0.1, 0.15) is 0 Å². The molecule has 0 aromatic carbocycles. The van der Waals surface area contributed by atoms with Crippen molar-refractivity contribution in [3.05, 3.63) is 5.21 Å². The van der Waals surface area contributed by atoms with Gasteiger partial charge in [0, 0.05) is 11.0 Å². The number of hydroxylamine groups is 4. The Morgan fingerprint density at radius 3 is 2.62 bits per heavy atom. The van der Waals surface area contributed by atoms with Crippen LogP contribution in [0.5, 0.6) is 0 Å². The minimum atomic E-state index is -2.10. The van der Waals surface area contributed by atoms with Crippen molar-refractivity contribution in [2.75, 3.05) is 5.75 Å². The molecule has 10 heteroatoms. The van der Waals surface area contributed by atoms with Gasteiger partial charge in [0.05, 0.1) is 31.3 Å². The molecular weight excluding hydrogens is 338 g/mol. The summed E-state index contributed by atoms with van der Waals surface area (Å²) in [5, 5.41) is 18.0. The Morgan fingerprint density at radius 2 is 1.92 bits per heavy atom. The summed E-state index contributed by atoms with van der Waals surface area (Å²) in [6.45, 7) is 0. The van der Waals surface area contributed by atoms with Crippen molar-refractivity contribution in [2.24, 2.45) is 0 Å². The van der Waals surface area contributed by atoms with Gasteiger partial charge in [-0.1, -0.05) is 6.42 Å². The molecule has 0 bridgehead atoms. The van der Waals surface area contributed by atoms with E-state index in [9.17, 15) is 24.4 Å². The minimum Gasteiger partial charge on any atom is -0.574 e. The van der Waals surface area contributed by atoms with E-state index >= 15 is 0 Å². The van der Waals surface area contributed by atoms with E-state index in [2.05, 4.69) is 15.5 Å². The Labute approximate surface area is 142 Å². The standard InChI is InChI=1S/C14H19N3O6S/c18-10-5-6-11(19)17(10,22)23-12(20)4-2-1-3-9-13-8(7-24-9)15-14(21)16-13/h8-9,13H,1-7H2,(H2,15,16,21)/t8-,9-,13-/m0/s1. The molecule has 3 aliphatic heterocycles. The van der Waals surface area contributed by atoms with Gasteiger partial charge in [-0.2, -0.15) is 11.8 Å². The Bertz CT molecular complexity index is 567. The zero-order valence-corrected chi connectivity index (χ0v) is 13.8. The third kappa shape index (κ3) is 3.26. The van der Waals surface area contributed by atoms with E-state index in [4.69, 9.17) is 0 Å². The highest BCUT2D eigenvalue weighted by molar-refractivity contribution is 8.00. The van der Waals surface area contributed by atoms with Crippen LogP contribution < -0.4 is 10.6 Å². The molecule has 0 radical (unpaired) electrons. The number of carbonyl (C=O) groups excluding carboxylic acids is 4. The Hall–Kier alpha value is -1.65. The number of carbonyl (C=O) groups is 4. The van der Waals surface area contributed by atoms with Crippen molar-refractivity contribution < 1.29 is 28.8 Å². The predicted molar refractivity (Wildman–Crippen MR) is 82.9 cm³/mol. The molecule has 0 aromatic rings. The average Bonchev–Trinajstić information content (AvgIpc) is 3.14. The normalized spacial score (nSPS) is 30.9. The smallest absolute Gasteiger partial charge is 0.368 e. The van der Waals surface area contributed by atoms with E-state index in [-0.39, 0.29) is 37.4 Å². The first-order valence-electron chi connectivity index (χ1n) is 7.98. The molecule has 132 valence electrons. The average molecular weight is 357 g/mol. The van der Waals surface area contributed by atoms with Gasteiger partial charge in [-0.05, 0) is 17.7 Å². The molecule has 3 aliphatic rings. The number of fused-ring (bicyclic) bond motifs is 1. The number of urea groups is 1. The van der Waals surface area contributed by atoms with Gasteiger partial charge >= 0.3 is 23.8 Å². The van der Waals surface area contributed by atoms with E-state index in [1.807, 2.05) is 0 Å². The topological polar surface area (TPSA) is 125 Å². The molecule has 0 saturated carbocycles. The molecule has 3 rings (SSSR count). The molecular formula is C14H19N3O6S. The summed E-state index contributed by atoms with van der Waals surface area (Å²) in [6.07, 6.45) is 1.67. The fraction of sp³-hybridized carbons (Fsp3) is 0.714. The summed E-state index contributed by atoms with van der Waals surface area (Å²) in [4.78, 5) is 48.2. The summed E-state index contributed by atoms with van der Waals surface area (Å²) < 4.78 is 0. The van der Waals surface area contributed by atoms with Gasteiger partial charge in [0.25, 0.3) is 0 Å². The number of amides is 4. The summed E-state index contributed by atoms with van der Waals surface area (Å²) >= 11 is 1.79. The summed E-state index contributed by atoms with van der Waals surface area (Å²) in [5.74, 6) is -1.81. The molecule has 3 atom stereocenters. The lowest BCUT2D eigenvalue weighted by molar-refractivity contribution is -0.915. The molecule has 3 fully saturated rings. The maximum atomic E-state index is 11.9. The van der Waals surface area contributed by atoms with E-state index in [0.29, 0.717) is 11.7 Å². The van der Waals surface area contributed by atoms with Gasteiger partial charge < -0.3 is 15.8 Å². The largest absolute Gasteiger partial charge is 0.574 e. The number of rotatable bonds is 6. The number of hydrogen-bond acceptors (Lipinski definition) is 7. The lowest BCUT2D eigenvalue weighted by Crippen LogP contribution is -2.48. The highest BCUT2D eigenvalue weighted by Gasteiger charge is 2.47. The summed E-state index contributed by atoms with van der Waals surface area (Å²) in [5.41, 5.74) is 0. The van der Waals surface area contributed by atoms with Gasteiger partial charge in [0.2, 0.25) is 0 Å². The Kier molecular flexibility index (Phi) is 4.79. The predicted octanol–water partition coefficient (Wildman–Crippen LogP) is 0.332. The van der Waals surface area contributed by atoms with Crippen LogP contribution in [-0.4, -0.2) is 51.7 Å². The van der Waals surface area contributed by atoms with Gasteiger partial charge in [-0.25, -0.2) is 19.2 Å². The lowest BCUT2D eigenvalue weighted by atomic mass is 10.0. The van der Waals surface area contributed by atoms with Crippen molar-refractivity contribution in [2.45, 2.75) is 55.9 Å². The maximum absolute atomic E-state index is 11.9. The summed E-state index contributed by atoms with van der Waals surface area (Å²) in [6, 6.07) is 0.141. The quantitative estimate of drug-likeness (QED) is 0.231. The Balaban J connectivity index is 1.38. The number of hydrogen-bond donors (Lipinski definition) is 2. The second kappa shape index (κ2) is 6.69. The fourth-order valence-corrected chi connectivity index (χ4v) is 4.74. The molecule has 3 saturated heterocycles. The van der Waals surface area contributed by atoms with E-state index < -0.39 is 22.6 Å². The number of quaternary nitrogens is 1. The highest BCUT2D eigenvalue weighted by atomic mass is 32.2. The van der Waals surface area contributed by atoms with Crippen LogP contribution in [0.1, 0.15) is 38.5 Å². The molecule has 4 amide bonds. The van der Waals surface area contributed by atoms with E-state index in [1.165, 1.54) is 0 Å². The highest BCUT2D eigenvalue weighted by Crippen LogP contribution is 2.33. The number of imide groups is 1. The zero-order chi connectivity index (χ0) is 17.3. The molecule has 0 spiro atoms. The molecule has 0 aromatic heterocycles. The van der Waals surface area contributed by atoms with Crippen LogP contribution >= 0.6 is 11.8 Å². The molecule has 0 unspecified atom stereocenters. The minimum absolute atomic E-state index is 0.0150. The van der Waals surface area contributed by atoms with Crippen LogP contribution in [-0.2, 0) is 19.2 Å². The number of unbranched alkanes of at least 4 members (excludes halogenated alkanes) is 1. The van der Waals surface area contributed by atoms with Crippen LogP contribution in [0.3, 0.4) is 0 Å². The molecule has 2 N–H and O–H groups in total. The third-order valence-electron chi connectivity index (χ3n) is 4.50. The SMILES string of the molecule is O=C1N[C@H]2[C@H](CS[C@H]2CCCCC(=O)O[N+]2([O-])C(=O)CCC2=O)N1. The van der Waals surface area contributed by atoms with Crippen molar-refractivity contribution in [1.82, 2.24) is 10.6 Å². The van der Waals surface area contributed by atoms with Crippen molar-refractivity contribution in [3.63, 3.8) is 0 Å². The molecule has 9 nitrogen and oxygen atoms in total. The number of thioether (sulfide) groups is 1. The molecule has 0 aliphatic carbocycles. The lowest BCUT2D eigenvalue weighted by Gasteiger charge is -2.27. The van der Waals surface area contributed by atoms with Gasteiger partial charge in [0.15, 0.2) is 0 Å². The van der Waals surface area contributed by atoms with Crippen LogP contribution in [0.4, 0.5) is 4.79 Å². The second-order valence-corrected chi connectivity index (χ2v) is 7.44. The van der Waals surface area contributed by atoms with Crippen LogP contribution in [0.15, 0.2) is 0 Å². The second-order valence-electron chi connectivity index (χ2n) is 6.17. The maximum Gasteiger partial charge on any atom is 0.368 e. The van der Waals surface area contributed by atoms with Crippen molar-refractivity contribution in [1.29, 1.82) is 0 Å². The monoisotopic (exact) mass is 357 g/mol. The zero-order valence-electron chi connectivity index (χ0n) is 13.0. The first kappa shape index (κ1) is 17.2.